The fourth-order valence-electron chi connectivity index (χ4n) is 1.82. The highest BCUT2D eigenvalue weighted by Gasteiger charge is 2.11. The van der Waals surface area contributed by atoms with Crippen LogP contribution in [0.5, 0.6) is 0 Å². The lowest BCUT2D eigenvalue weighted by molar-refractivity contribution is -0.131. The van der Waals surface area contributed by atoms with Gasteiger partial charge in [0.05, 0.1) is 6.61 Å². The van der Waals surface area contributed by atoms with Gasteiger partial charge in [-0.3, -0.25) is 4.79 Å². The Labute approximate surface area is 109 Å². The second kappa shape index (κ2) is 7.71. The van der Waals surface area contributed by atoms with E-state index in [4.69, 9.17) is 10.5 Å². The first kappa shape index (κ1) is 14.5. The Hall–Kier alpha value is -1.55. The zero-order valence-corrected chi connectivity index (χ0v) is 11.2. The van der Waals surface area contributed by atoms with Gasteiger partial charge >= 0.3 is 0 Å². The number of nitrogens with two attached hydrogens (primary N) is 1. The molecule has 0 radical (unpaired) electrons. The molecule has 0 unspecified atom stereocenters. The van der Waals surface area contributed by atoms with Gasteiger partial charge in [0.15, 0.2) is 0 Å². The number of amides is 1. The number of likely N-dealkylation sites (N-methyl/N-ethyl adjacent to an activating group) is 1. The highest BCUT2D eigenvalue weighted by atomic mass is 16.5. The van der Waals surface area contributed by atoms with Crippen LogP contribution in [-0.4, -0.2) is 37.6 Å². The lowest BCUT2D eigenvalue weighted by Gasteiger charge is -2.20. The van der Waals surface area contributed by atoms with Crippen LogP contribution < -0.4 is 5.73 Å². The van der Waals surface area contributed by atoms with E-state index in [2.05, 4.69) is 0 Å². The highest BCUT2D eigenvalue weighted by Crippen LogP contribution is 2.13. The van der Waals surface area contributed by atoms with Crippen LogP contribution in [0, 0.1) is 0 Å². The minimum atomic E-state index is 0.151. The van der Waals surface area contributed by atoms with Crippen molar-refractivity contribution in [2.24, 2.45) is 0 Å². The van der Waals surface area contributed by atoms with Gasteiger partial charge in [-0.15, -0.1) is 0 Å². The van der Waals surface area contributed by atoms with Gasteiger partial charge in [-0.1, -0.05) is 18.2 Å². The van der Waals surface area contributed by atoms with Gasteiger partial charge in [-0.2, -0.15) is 0 Å². The van der Waals surface area contributed by atoms with Crippen LogP contribution in [0.25, 0.3) is 0 Å². The Morgan fingerprint density at radius 3 is 2.72 bits per heavy atom. The Bertz CT molecular complexity index is 380. The number of aryl methyl sites for hydroxylation is 1. The molecule has 0 saturated carbocycles. The monoisotopic (exact) mass is 250 g/mol. The minimum Gasteiger partial charge on any atom is -0.399 e. The van der Waals surface area contributed by atoms with E-state index >= 15 is 0 Å². The van der Waals surface area contributed by atoms with Gasteiger partial charge in [-0.05, 0) is 25.0 Å². The van der Waals surface area contributed by atoms with Crippen molar-refractivity contribution in [1.29, 1.82) is 0 Å². The van der Waals surface area contributed by atoms with E-state index < -0.39 is 0 Å². The number of methoxy groups -OCH3 is 1. The molecule has 0 aliphatic rings. The zero-order valence-electron chi connectivity index (χ0n) is 11.2. The Morgan fingerprint density at radius 2 is 2.11 bits per heavy atom. The van der Waals surface area contributed by atoms with Crippen molar-refractivity contribution in [3.63, 3.8) is 0 Å². The molecule has 0 heterocycles. The van der Waals surface area contributed by atoms with Crippen molar-refractivity contribution in [2.75, 3.05) is 32.5 Å². The molecule has 0 atom stereocenters. The number of hydrogen-bond donors (Lipinski definition) is 1. The summed E-state index contributed by atoms with van der Waals surface area (Å²) in [7, 11) is 1.64. The van der Waals surface area contributed by atoms with Crippen molar-refractivity contribution in [1.82, 2.24) is 4.90 Å². The van der Waals surface area contributed by atoms with Crippen LogP contribution in [-0.2, 0) is 16.0 Å². The van der Waals surface area contributed by atoms with Gasteiger partial charge in [0.25, 0.3) is 0 Å². The molecule has 0 aliphatic heterocycles. The number of ether oxygens (including phenoxy) is 1. The van der Waals surface area contributed by atoms with E-state index in [-0.39, 0.29) is 5.91 Å². The topological polar surface area (TPSA) is 55.6 Å². The number of nitrogen functional groups attached to an aromatic ring is 1. The standard InChI is InChI=1S/C14H22N2O2/c1-3-16(10-11-18-2)14(17)9-8-12-6-4-5-7-13(12)15/h4-7H,3,8-11,15H2,1-2H3. The van der Waals surface area contributed by atoms with Gasteiger partial charge in [0.2, 0.25) is 5.91 Å². The van der Waals surface area contributed by atoms with Crippen LogP contribution in [0.1, 0.15) is 18.9 Å². The average Bonchev–Trinajstić information content (AvgIpc) is 2.38. The number of hydrogen-bond acceptors (Lipinski definition) is 3. The molecule has 1 aromatic rings. The maximum Gasteiger partial charge on any atom is 0.222 e. The maximum absolute atomic E-state index is 12.0. The third-order valence-electron chi connectivity index (χ3n) is 2.96. The lowest BCUT2D eigenvalue weighted by atomic mass is 10.1. The summed E-state index contributed by atoms with van der Waals surface area (Å²) in [5.41, 5.74) is 7.64. The van der Waals surface area contributed by atoms with Gasteiger partial charge < -0.3 is 15.4 Å². The SMILES string of the molecule is CCN(CCOC)C(=O)CCc1ccccc1N. The Morgan fingerprint density at radius 1 is 1.39 bits per heavy atom. The first-order valence-electron chi connectivity index (χ1n) is 6.29. The largest absolute Gasteiger partial charge is 0.399 e. The van der Waals surface area contributed by atoms with E-state index in [9.17, 15) is 4.79 Å². The van der Waals surface area contributed by atoms with Crippen LogP contribution in [0.4, 0.5) is 5.69 Å². The van der Waals surface area contributed by atoms with E-state index in [0.29, 0.717) is 32.5 Å². The van der Waals surface area contributed by atoms with Crippen LogP contribution in [0.3, 0.4) is 0 Å². The summed E-state index contributed by atoms with van der Waals surface area (Å²) in [5.74, 6) is 0.151. The maximum atomic E-state index is 12.0. The van der Waals surface area contributed by atoms with E-state index in [0.717, 1.165) is 11.3 Å². The molecule has 0 spiro atoms. The Balaban J connectivity index is 2.47. The van der Waals surface area contributed by atoms with Gasteiger partial charge in [0.1, 0.15) is 0 Å². The normalized spacial score (nSPS) is 10.3. The molecule has 1 amide bonds. The van der Waals surface area contributed by atoms with Gasteiger partial charge in [0, 0.05) is 32.3 Å². The second-order valence-corrected chi connectivity index (χ2v) is 4.17. The number of rotatable bonds is 7. The predicted octanol–water partition coefficient (Wildman–Crippen LogP) is 1.70. The molecule has 0 aromatic heterocycles. The molecule has 4 nitrogen and oxygen atoms in total. The molecule has 4 heteroatoms. The summed E-state index contributed by atoms with van der Waals surface area (Å²) >= 11 is 0. The smallest absolute Gasteiger partial charge is 0.222 e. The van der Waals surface area contributed by atoms with E-state index in [1.807, 2.05) is 36.1 Å². The van der Waals surface area contributed by atoms with Crippen molar-refractivity contribution < 1.29 is 9.53 Å². The Kier molecular flexibility index (Phi) is 6.22. The van der Waals surface area contributed by atoms with Crippen molar-refractivity contribution in [2.45, 2.75) is 19.8 Å². The molecule has 0 fully saturated rings. The molecule has 0 bridgehead atoms. The quantitative estimate of drug-likeness (QED) is 0.749. The molecule has 1 aromatic carbocycles. The first-order chi connectivity index (χ1) is 8.69. The molecule has 0 saturated heterocycles. The third-order valence-corrected chi connectivity index (χ3v) is 2.96. The van der Waals surface area contributed by atoms with Crippen molar-refractivity contribution in [3.8, 4) is 0 Å². The summed E-state index contributed by atoms with van der Waals surface area (Å²) in [5, 5.41) is 0. The summed E-state index contributed by atoms with van der Waals surface area (Å²) < 4.78 is 4.99. The number of carbonyl (C=O) groups is 1. The first-order valence-corrected chi connectivity index (χ1v) is 6.29. The molecule has 1 rings (SSSR count). The fraction of sp³-hybridized carbons (Fsp3) is 0.500. The molecular formula is C14H22N2O2. The summed E-state index contributed by atoms with van der Waals surface area (Å²) in [6, 6.07) is 7.67. The van der Waals surface area contributed by atoms with Crippen molar-refractivity contribution >= 4 is 11.6 Å². The molecular weight excluding hydrogens is 228 g/mol. The molecule has 0 aliphatic carbocycles. The van der Waals surface area contributed by atoms with E-state index in [1.165, 1.54) is 0 Å². The molecule has 100 valence electrons. The number of benzene rings is 1. The predicted molar refractivity (Wildman–Crippen MR) is 73.3 cm³/mol. The molecule has 18 heavy (non-hydrogen) atoms. The summed E-state index contributed by atoms with van der Waals surface area (Å²) in [6.45, 7) is 3.92. The third kappa shape index (κ3) is 4.37. The molecule has 2 N–H and O–H groups in total. The zero-order chi connectivity index (χ0) is 13.4. The second-order valence-electron chi connectivity index (χ2n) is 4.17. The summed E-state index contributed by atoms with van der Waals surface area (Å²) in [4.78, 5) is 13.8. The van der Waals surface area contributed by atoms with Crippen LogP contribution in [0.2, 0.25) is 0 Å². The number of para-hydroxylation sites is 1. The average molecular weight is 250 g/mol. The van der Waals surface area contributed by atoms with Crippen LogP contribution in [0.15, 0.2) is 24.3 Å². The lowest BCUT2D eigenvalue weighted by Crippen LogP contribution is -2.33. The highest BCUT2D eigenvalue weighted by molar-refractivity contribution is 5.76. The van der Waals surface area contributed by atoms with Crippen molar-refractivity contribution in [3.05, 3.63) is 29.8 Å². The minimum absolute atomic E-state index is 0.151. The summed E-state index contributed by atoms with van der Waals surface area (Å²) in [6.07, 6.45) is 1.18. The van der Waals surface area contributed by atoms with Gasteiger partial charge in [-0.25, -0.2) is 0 Å². The van der Waals surface area contributed by atoms with Crippen LogP contribution >= 0.6 is 0 Å². The van der Waals surface area contributed by atoms with E-state index in [1.54, 1.807) is 7.11 Å². The fourth-order valence-corrected chi connectivity index (χ4v) is 1.82. The number of anilines is 1. The number of carbonyl (C=O) groups excluding carboxylic acids is 1. The number of nitrogens with zero attached hydrogens (tertiary/aromatic N) is 1.